The van der Waals surface area contributed by atoms with E-state index in [1.807, 2.05) is 0 Å². The van der Waals surface area contributed by atoms with Crippen LogP contribution in [0.25, 0.3) is 11.5 Å². The molecule has 1 aromatic carbocycles. The molecule has 0 atom stereocenters. The largest absolute Gasteiger partial charge is 0.437 e. The molecule has 0 radical (unpaired) electrons. The Morgan fingerprint density at radius 1 is 1.42 bits per heavy atom. The first kappa shape index (κ1) is 13.0. The van der Waals surface area contributed by atoms with E-state index in [4.69, 9.17) is 4.42 Å². The molecule has 1 N–H and O–H groups in total. The predicted octanol–water partition coefficient (Wildman–Crippen LogP) is 0.778. The van der Waals surface area contributed by atoms with Crippen LogP contribution in [-0.2, 0) is 11.3 Å². The summed E-state index contributed by atoms with van der Waals surface area (Å²) in [7, 11) is 0. The van der Waals surface area contributed by atoms with E-state index in [2.05, 4.69) is 10.4 Å². The van der Waals surface area contributed by atoms with Crippen molar-refractivity contribution in [1.82, 2.24) is 15.1 Å². The van der Waals surface area contributed by atoms with Gasteiger partial charge in [-0.05, 0) is 31.2 Å². The lowest BCUT2D eigenvalue weighted by atomic mass is 10.2. The van der Waals surface area contributed by atoms with Gasteiger partial charge in [0.05, 0.1) is 0 Å². The van der Waals surface area contributed by atoms with Crippen molar-refractivity contribution >= 4 is 5.91 Å². The molecule has 0 unspecified atom stereocenters. The van der Waals surface area contributed by atoms with E-state index >= 15 is 0 Å². The van der Waals surface area contributed by atoms with Crippen molar-refractivity contribution in [3.8, 4) is 11.5 Å². The molecule has 0 saturated carbocycles. The molecule has 0 aliphatic carbocycles. The van der Waals surface area contributed by atoms with Crippen molar-refractivity contribution in [1.29, 1.82) is 0 Å². The zero-order valence-electron chi connectivity index (χ0n) is 10.2. The van der Waals surface area contributed by atoms with Gasteiger partial charge >= 0.3 is 5.76 Å². The fourth-order valence-electron chi connectivity index (χ4n) is 1.50. The lowest BCUT2D eigenvalue weighted by Gasteiger charge is -1.99. The summed E-state index contributed by atoms with van der Waals surface area (Å²) in [6.07, 6.45) is 0. The number of halogens is 1. The Hall–Kier alpha value is -2.44. The third-order valence-electron chi connectivity index (χ3n) is 2.36. The van der Waals surface area contributed by atoms with Gasteiger partial charge in [0.15, 0.2) is 0 Å². The van der Waals surface area contributed by atoms with Gasteiger partial charge in [0.25, 0.3) is 0 Å². The van der Waals surface area contributed by atoms with Crippen LogP contribution in [-0.4, -0.2) is 22.2 Å². The fraction of sp³-hybridized carbons (Fsp3) is 0.250. The molecular formula is C12H12FN3O3. The monoisotopic (exact) mass is 265 g/mol. The lowest BCUT2D eigenvalue weighted by Crippen LogP contribution is -2.31. The van der Waals surface area contributed by atoms with Crippen LogP contribution in [0, 0.1) is 5.82 Å². The van der Waals surface area contributed by atoms with Gasteiger partial charge in [-0.3, -0.25) is 4.79 Å². The summed E-state index contributed by atoms with van der Waals surface area (Å²) in [6, 6.07) is 5.35. The van der Waals surface area contributed by atoms with E-state index in [1.54, 1.807) is 6.92 Å². The minimum atomic E-state index is -0.731. The molecule has 0 aliphatic heterocycles. The standard InChI is InChI=1S/C12H12FN3O3/c1-2-14-10(17)7-16-12(18)19-11(15-16)8-3-5-9(13)6-4-8/h3-6H,2,7H2,1H3,(H,14,17). The highest BCUT2D eigenvalue weighted by Crippen LogP contribution is 2.15. The average Bonchev–Trinajstić information content (AvgIpc) is 2.72. The third kappa shape index (κ3) is 3.06. The molecule has 2 aromatic rings. The zero-order chi connectivity index (χ0) is 13.8. The molecule has 0 saturated heterocycles. The van der Waals surface area contributed by atoms with Crippen LogP contribution in [0.4, 0.5) is 4.39 Å². The molecule has 0 spiro atoms. The SMILES string of the molecule is CCNC(=O)Cn1nc(-c2ccc(F)cc2)oc1=O. The van der Waals surface area contributed by atoms with Gasteiger partial charge < -0.3 is 9.73 Å². The summed E-state index contributed by atoms with van der Waals surface area (Å²) in [5.41, 5.74) is 0.466. The maximum absolute atomic E-state index is 12.8. The van der Waals surface area contributed by atoms with Gasteiger partial charge in [-0.25, -0.2) is 9.18 Å². The van der Waals surface area contributed by atoms with E-state index in [0.29, 0.717) is 12.1 Å². The van der Waals surface area contributed by atoms with Crippen molar-refractivity contribution in [2.45, 2.75) is 13.5 Å². The number of hydrogen-bond acceptors (Lipinski definition) is 4. The third-order valence-corrected chi connectivity index (χ3v) is 2.36. The number of carbonyl (C=O) groups excluding carboxylic acids is 1. The zero-order valence-corrected chi connectivity index (χ0v) is 10.2. The molecule has 0 fully saturated rings. The van der Waals surface area contributed by atoms with Crippen molar-refractivity contribution < 1.29 is 13.6 Å². The van der Waals surface area contributed by atoms with Crippen molar-refractivity contribution in [2.75, 3.05) is 6.54 Å². The highest BCUT2D eigenvalue weighted by atomic mass is 19.1. The summed E-state index contributed by atoms with van der Waals surface area (Å²) >= 11 is 0. The normalized spacial score (nSPS) is 10.4. The van der Waals surface area contributed by atoms with Crippen LogP contribution in [0.2, 0.25) is 0 Å². The second-order valence-electron chi connectivity index (χ2n) is 3.79. The molecule has 0 aliphatic rings. The van der Waals surface area contributed by atoms with Crippen LogP contribution in [0.5, 0.6) is 0 Å². The van der Waals surface area contributed by atoms with E-state index < -0.39 is 11.6 Å². The molecule has 2 rings (SSSR count). The number of hydrogen-bond donors (Lipinski definition) is 1. The van der Waals surface area contributed by atoms with Crippen molar-refractivity contribution in [3.63, 3.8) is 0 Å². The number of nitrogens with one attached hydrogen (secondary N) is 1. The summed E-state index contributed by atoms with van der Waals surface area (Å²) in [5.74, 6) is -1.41. The number of benzene rings is 1. The summed E-state index contributed by atoms with van der Waals surface area (Å²) in [5, 5.41) is 6.43. The van der Waals surface area contributed by atoms with Gasteiger partial charge in [0.2, 0.25) is 11.8 Å². The number of likely N-dealkylation sites (N-methyl/N-ethyl adjacent to an activating group) is 1. The Kier molecular flexibility index (Phi) is 3.74. The van der Waals surface area contributed by atoms with Crippen molar-refractivity contribution in [3.05, 3.63) is 40.6 Å². The van der Waals surface area contributed by atoms with Gasteiger partial charge in [-0.2, -0.15) is 4.68 Å². The molecule has 1 heterocycles. The maximum atomic E-state index is 12.8. The van der Waals surface area contributed by atoms with E-state index in [9.17, 15) is 14.0 Å². The first-order valence-corrected chi connectivity index (χ1v) is 5.70. The lowest BCUT2D eigenvalue weighted by molar-refractivity contribution is -0.121. The molecular weight excluding hydrogens is 253 g/mol. The van der Waals surface area contributed by atoms with Gasteiger partial charge in [0, 0.05) is 12.1 Å². The van der Waals surface area contributed by atoms with E-state index in [-0.39, 0.29) is 18.3 Å². The highest BCUT2D eigenvalue weighted by Gasteiger charge is 2.12. The van der Waals surface area contributed by atoms with E-state index in [0.717, 1.165) is 4.68 Å². The van der Waals surface area contributed by atoms with Crippen LogP contribution in [0.15, 0.2) is 33.5 Å². The highest BCUT2D eigenvalue weighted by molar-refractivity contribution is 5.75. The van der Waals surface area contributed by atoms with E-state index in [1.165, 1.54) is 24.3 Å². The van der Waals surface area contributed by atoms with Crippen LogP contribution >= 0.6 is 0 Å². The quantitative estimate of drug-likeness (QED) is 0.886. The number of amides is 1. The van der Waals surface area contributed by atoms with Gasteiger partial charge in [0.1, 0.15) is 12.4 Å². The number of rotatable bonds is 4. The molecule has 0 bridgehead atoms. The number of nitrogens with zero attached hydrogens (tertiary/aromatic N) is 2. The molecule has 1 amide bonds. The molecule has 1 aromatic heterocycles. The topological polar surface area (TPSA) is 77.1 Å². The van der Waals surface area contributed by atoms with Crippen molar-refractivity contribution in [2.24, 2.45) is 0 Å². The minimum absolute atomic E-state index is 0.0503. The Bertz CT molecular complexity index is 630. The molecule has 6 nitrogen and oxygen atoms in total. The Morgan fingerprint density at radius 2 is 2.11 bits per heavy atom. The molecule has 7 heteroatoms. The van der Waals surface area contributed by atoms with Gasteiger partial charge in [-0.1, -0.05) is 0 Å². The maximum Gasteiger partial charge on any atom is 0.437 e. The molecule has 19 heavy (non-hydrogen) atoms. The fourth-order valence-corrected chi connectivity index (χ4v) is 1.50. The average molecular weight is 265 g/mol. The van der Waals surface area contributed by atoms with Gasteiger partial charge in [-0.15, -0.1) is 5.10 Å². The first-order chi connectivity index (χ1) is 9.10. The smallest absolute Gasteiger partial charge is 0.388 e. The Labute approximate surface area is 107 Å². The minimum Gasteiger partial charge on any atom is -0.388 e. The van der Waals surface area contributed by atoms with Crippen LogP contribution in [0.3, 0.4) is 0 Å². The predicted molar refractivity (Wildman–Crippen MR) is 64.8 cm³/mol. The summed E-state index contributed by atoms with van der Waals surface area (Å²) < 4.78 is 18.6. The summed E-state index contributed by atoms with van der Waals surface area (Å²) in [4.78, 5) is 22.9. The first-order valence-electron chi connectivity index (χ1n) is 5.70. The number of aromatic nitrogens is 2. The summed E-state index contributed by atoms with van der Waals surface area (Å²) in [6.45, 7) is 2.03. The van der Waals surface area contributed by atoms with Crippen LogP contribution in [0.1, 0.15) is 6.92 Å². The second-order valence-corrected chi connectivity index (χ2v) is 3.79. The second kappa shape index (κ2) is 5.47. The Balaban J connectivity index is 2.23. The molecule has 100 valence electrons. The number of carbonyl (C=O) groups is 1. The Morgan fingerprint density at radius 3 is 2.74 bits per heavy atom. The van der Waals surface area contributed by atoms with Crippen LogP contribution < -0.4 is 11.1 Å².